The molecule has 1 nitrogen and oxygen atoms in total. The number of unbranched alkanes of at least 4 members (excludes halogenated alkanes) is 15. The zero-order valence-electron chi connectivity index (χ0n) is 16.2. The first kappa shape index (κ1) is 22.0. The van der Waals surface area contributed by atoms with E-state index in [0.717, 1.165) is 0 Å². The first-order chi connectivity index (χ1) is 10.8. The molecule has 0 rings (SSSR count). The van der Waals surface area contributed by atoms with E-state index < -0.39 is 0 Å². The SMILES string of the molecule is CCCCCCCCCCCCCCCCCCN(C)CC. The highest BCUT2D eigenvalue weighted by Gasteiger charge is 1.96. The van der Waals surface area contributed by atoms with Crippen molar-refractivity contribution in [3.8, 4) is 0 Å². The third-order valence-electron chi connectivity index (χ3n) is 4.93. The quantitative estimate of drug-likeness (QED) is 0.242. The van der Waals surface area contributed by atoms with Crippen molar-refractivity contribution in [3.05, 3.63) is 0 Å². The van der Waals surface area contributed by atoms with Gasteiger partial charge in [0, 0.05) is 0 Å². The Morgan fingerprint density at radius 3 is 1.09 bits per heavy atom. The lowest BCUT2D eigenvalue weighted by molar-refractivity contribution is 0.340. The van der Waals surface area contributed by atoms with E-state index >= 15 is 0 Å². The zero-order valence-corrected chi connectivity index (χ0v) is 16.2. The number of hydrogen-bond acceptors (Lipinski definition) is 1. The van der Waals surface area contributed by atoms with Gasteiger partial charge in [-0.3, -0.25) is 0 Å². The summed E-state index contributed by atoms with van der Waals surface area (Å²) in [5.41, 5.74) is 0. The van der Waals surface area contributed by atoms with E-state index in [1.165, 1.54) is 116 Å². The number of rotatable bonds is 18. The summed E-state index contributed by atoms with van der Waals surface area (Å²) in [4.78, 5) is 2.42. The van der Waals surface area contributed by atoms with Crippen LogP contribution in [0.1, 0.15) is 117 Å². The smallest absolute Gasteiger partial charge is 0.00219 e. The normalized spacial score (nSPS) is 11.5. The predicted molar refractivity (Wildman–Crippen MR) is 103 cm³/mol. The van der Waals surface area contributed by atoms with Gasteiger partial charge in [-0.15, -0.1) is 0 Å². The third-order valence-corrected chi connectivity index (χ3v) is 4.93. The summed E-state index contributed by atoms with van der Waals surface area (Å²) in [5.74, 6) is 0. The van der Waals surface area contributed by atoms with Gasteiger partial charge in [0.05, 0.1) is 0 Å². The van der Waals surface area contributed by atoms with Crippen LogP contribution in [0.2, 0.25) is 0 Å². The molecule has 0 aromatic carbocycles. The fourth-order valence-corrected chi connectivity index (χ4v) is 3.09. The third kappa shape index (κ3) is 18.0. The Hall–Kier alpha value is -0.0400. The second-order valence-corrected chi connectivity index (χ2v) is 7.20. The standard InChI is InChI=1S/C21H45N/c1-4-6-7-8-9-10-11-12-13-14-15-16-17-18-19-20-21-22(3)5-2/h4-21H2,1-3H3. The van der Waals surface area contributed by atoms with E-state index in [4.69, 9.17) is 0 Å². The highest BCUT2D eigenvalue weighted by Crippen LogP contribution is 2.13. The Kier molecular flexibility index (Phi) is 19.0. The summed E-state index contributed by atoms with van der Waals surface area (Å²) in [7, 11) is 2.23. The lowest BCUT2D eigenvalue weighted by Crippen LogP contribution is -2.18. The van der Waals surface area contributed by atoms with Gasteiger partial charge in [-0.2, -0.15) is 0 Å². The van der Waals surface area contributed by atoms with E-state index in [9.17, 15) is 0 Å². The van der Waals surface area contributed by atoms with Crippen LogP contribution in [0.25, 0.3) is 0 Å². The molecule has 0 spiro atoms. The molecular formula is C21H45N. The van der Waals surface area contributed by atoms with Gasteiger partial charge < -0.3 is 4.90 Å². The van der Waals surface area contributed by atoms with Crippen LogP contribution in [0.15, 0.2) is 0 Å². The van der Waals surface area contributed by atoms with Gasteiger partial charge in [-0.05, 0) is 26.6 Å². The topological polar surface area (TPSA) is 3.24 Å². The lowest BCUT2D eigenvalue weighted by atomic mass is 10.0. The highest BCUT2D eigenvalue weighted by atomic mass is 15.1. The van der Waals surface area contributed by atoms with Gasteiger partial charge >= 0.3 is 0 Å². The Morgan fingerprint density at radius 1 is 0.455 bits per heavy atom. The molecule has 0 bridgehead atoms. The molecule has 0 aromatic heterocycles. The Balaban J connectivity index is 2.97. The minimum Gasteiger partial charge on any atom is -0.307 e. The molecule has 134 valence electrons. The van der Waals surface area contributed by atoms with Crippen LogP contribution in [0.3, 0.4) is 0 Å². The Bertz CT molecular complexity index is 190. The summed E-state index contributed by atoms with van der Waals surface area (Å²) < 4.78 is 0. The summed E-state index contributed by atoms with van der Waals surface area (Å²) >= 11 is 0. The minimum absolute atomic E-state index is 1.19. The average molecular weight is 312 g/mol. The van der Waals surface area contributed by atoms with E-state index in [1.54, 1.807) is 0 Å². The molecule has 0 atom stereocenters. The van der Waals surface area contributed by atoms with Crippen LogP contribution in [0, 0.1) is 0 Å². The molecular weight excluding hydrogens is 266 g/mol. The second kappa shape index (κ2) is 19.0. The molecule has 0 radical (unpaired) electrons. The maximum Gasteiger partial charge on any atom is -0.00219 e. The second-order valence-electron chi connectivity index (χ2n) is 7.20. The molecule has 0 aliphatic rings. The van der Waals surface area contributed by atoms with E-state index in [1.807, 2.05) is 0 Å². The van der Waals surface area contributed by atoms with Gasteiger partial charge in [0.25, 0.3) is 0 Å². The van der Waals surface area contributed by atoms with Crippen molar-refractivity contribution in [1.82, 2.24) is 4.90 Å². The van der Waals surface area contributed by atoms with Crippen molar-refractivity contribution >= 4 is 0 Å². The van der Waals surface area contributed by atoms with Gasteiger partial charge in [0.2, 0.25) is 0 Å². The minimum atomic E-state index is 1.19. The van der Waals surface area contributed by atoms with Gasteiger partial charge in [-0.25, -0.2) is 0 Å². The van der Waals surface area contributed by atoms with Gasteiger partial charge in [-0.1, -0.05) is 110 Å². The van der Waals surface area contributed by atoms with Gasteiger partial charge in [0.15, 0.2) is 0 Å². The Labute approximate surface area is 142 Å². The van der Waals surface area contributed by atoms with Crippen molar-refractivity contribution in [3.63, 3.8) is 0 Å². The Morgan fingerprint density at radius 2 is 0.773 bits per heavy atom. The van der Waals surface area contributed by atoms with E-state index in [2.05, 4.69) is 25.8 Å². The monoisotopic (exact) mass is 311 g/mol. The lowest BCUT2D eigenvalue weighted by Gasteiger charge is -2.12. The molecule has 0 aliphatic heterocycles. The van der Waals surface area contributed by atoms with Crippen LogP contribution in [0.5, 0.6) is 0 Å². The van der Waals surface area contributed by atoms with Crippen LogP contribution in [-0.4, -0.2) is 25.0 Å². The van der Waals surface area contributed by atoms with Crippen LogP contribution in [-0.2, 0) is 0 Å². The molecule has 0 saturated heterocycles. The first-order valence-electron chi connectivity index (χ1n) is 10.5. The maximum absolute atomic E-state index is 2.42. The van der Waals surface area contributed by atoms with Crippen molar-refractivity contribution in [1.29, 1.82) is 0 Å². The van der Waals surface area contributed by atoms with Crippen LogP contribution in [0.4, 0.5) is 0 Å². The predicted octanol–water partition coefficient (Wildman–Crippen LogP) is 7.20. The molecule has 0 aromatic rings. The fourth-order valence-electron chi connectivity index (χ4n) is 3.09. The van der Waals surface area contributed by atoms with Crippen molar-refractivity contribution < 1.29 is 0 Å². The first-order valence-corrected chi connectivity index (χ1v) is 10.5. The molecule has 0 saturated carbocycles. The van der Waals surface area contributed by atoms with E-state index in [0.29, 0.717) is 0 Å². The molecule has 0 fully saturated rings. The van der Waals surface area contributed by atoms with Crippen molar-refractivity contribution in [2.45, 2.75) is 117 Å². The number of hydrogen-bond donors (Lipinski definition) is 0. The van der Waals surface area contributed by atoms with Crippen LogP contribution >= 0.6 is 0 Å². The molecule has 0 aliphatic carbocycles. The summed E-state index contributed by atoms with van der Waals surface area (Å²) in [6, 6.07) is 0. The average Bonchev–Trinajstić information content (AvgIpc) is 2.54. The van der Waals surface area contributed by atoms with Crippen LogP contribution < -0.4 is 0 Å². The molecule has 0 unspecified atom stereocenters. The molecule has 0 heterocycles. The van der Waals surface area contributed by atoms with E-state index in [-0.39, 0.29) is 0 Å². The molecule has 22 heavy (non-hydrogen) atoms. The molecule has 0 amide bonds. The molecule has 1 heteroatoms. The summed E-state index contributed by atoms with van der Waals surface area (Å²) in [6.07, 6.45) is 23.3. The van der Waals surface area contributed by atoms with Crippen molar-refractivity contribution in [2.24, 2.45) is 0 Å². The fraction of sp³-hybridized carbons (Fsp3) is 1.00. The molecule has 0 N–H and O–H groups in total. The summed E-state index contributed by atoms with van der Waals surface area (Å²) in [5, 5.41) is 0. The number of nitrogens with zero attached hydrogens (tertiary/aromatic N) is 1. The van der Waals surface area contributed by atoms with Crippen molar-refractivity contribution in [2.75, 3.05) is 20.1 Å². The summed E-state index contributed by atoms with van der Waals surface area (Å²) in [6.45, 7) is 7.02. The maximum atomic E-state index is 2.42. The largest absolute Gasteiger partial charge is 0.307 e. The highest BCUT2D eigenvalue weighted by molar-refractivity contribution is 4.51. The van der Waals surface area contributed by atoms with Gasteiger partial charge in [0.1, 0.15) is 0 Å². The zero-order chi connectivity index (χ0) is 16.3.